The van der Waals surface area contributed by atoms with Crippen LogP contribution in [-0.4, -0.2) is 35.0 Å². The number of aromatic amines is 1. The van der Waals surface area contributed by atoms with Crippen LogP contribution in [0.1, 0.15) is 47.0 Å². The number of benzene rings is 1. The van der Waals surface area contributed by atoms with Crippen LogP contribution in [0.2, 0.25) is 0 Å². The zero-order valence-electron chi connectivity index (χ0n) is 13.9. The minimum absolute atomic E-state index is 0.0512. The normalized spacial score (nSPS) is 12.1. The monoisotopic (exact) mass is 350 g/mol. The number of aromatic nitrogens is 2. The number of hydrogen-bond donors (Lipinski definition) is 3. The van der Waals surface area contributed by atoms with Gasteiger partial charge in [-0.25, -0.2) is 8.78 Å². The first-order chi connectivity index (χ1) is 12.0. The van der Waals surface area contributed by atoms with Crippen molar-refractivity contribution in [2.24, 2.45) is 0 Å². The molecule has 1 aromatic heterocycles. The molecule has 1 fully saturated rings. The third-order valence-electron chi connectivity index (χ3n) is 3.25. The van der Waals surface area contributed by atoms with Crippen LogP contribution in [0.25, 0.3) is 0 Å². The lowest BCUT2D eigenvalue weighted by Crippen LogP contribution is -2.24. The third kappa shape index (κ3) is 5.46. The fourth-order valence-electron chi connectivity index (χ4n) is 1.82. The van der Waals surface area contributed by atoms with Crippen molar-refractivity contribution in [2.45, 2.75) is 26.2 Å². The summed E-state index contributed by atoms with van der Waals surface area (Å²) in [7, 11) is 0. The lowest BCUT2D eigenvalue weighted by Gasteiger charge is -2.07. The largest absolute Gasteiger partial charge is 0.318 e. The first kappa shape index (κ1) is 18.7. The summed E-state index contributed by atoms with van der Waals surface area (Å²) >= 11 is 0. The Kier molecular flexibility index (Phi) is 6.76. The highest BCUT2D eigenvalue weighted by Crippen LogP contribution is 2.17. The van der Waals surface area contributed by atoms with E-state index in [-0.39, 0.29) is 23.7 Å². The van der Waals surface area contributed by atoms with E-state index in [0.29, 0.717) is 6.54 Å². The second kappa shape index (κ2) is 9.03. The van der Waals surface area contributed by atoms with Crippen molar-refractivity contribution in [3.05, 3.63) is 47.3 Å². The summed E-state index contributed by atoms with van der Waals surface area (Å²) in [6.45, 7) is 2.49. The molecule has 0 unspecified atom stereocenters. The lowest BCUT2D eigenvalue weighted by atomic mass is 10.1. The maximum absolute atomic E-state index is 13.6. The molecular weight excluding hydrogens is 330 g/mol. The van der Waals surface area contributed by atoms with Gasteiger partial charge in [0.05, 0.1) is 18.4 Å². The average molecular weight is 350 g/mol. The standard InChI is InChI=1S/C14H14F2N4O2.C3H6/c1-2-17-7-11(21)13-10(6-18-20-13)19-14(22)12-8(15)4-3-5-9(12)16;1-2-3-1/h3-6,17H,2,7H2,1H3,(H,18,20)(H,19,22);1-3H2. The summed E-state index contributed by atoms with van der Waals surface area (Å²) in [5.41, 5.74) is -0.588. The van der Waals surface area contributed by atoms with Gasteiger partial charge in [0.25, 0.3) is 5.91 Å². The number of carbonyl (C=O) groups excluding carboxylic acids is 2. The van der Waals surface area contributed by atoms with Gasteiger partial charge in [-0.3, -0.25) is 14.7 Å². The predicted molar refractivity (Wildman–Crippen MR) is 89.6 cm³/mol. The fraction of sp³-hybridized carbons (Fsp3) is 0.353. The van der Waals surface area contributed by atoms with Crippen LogP contribution in [0.5, 0.6) is 0 Å². The molecule has 1 saturated carbocycles. The summed E-state index contributed by atoms with van der Waals surface area (Å²) in [5.74, 6) is -3.29. The molecule has 3 rings (SSSR count). The van der Waals surface area contributed by atoms with Gasteiger partial charge in [0.15, 0.2) is 5.78 Å². The number of amides is 1. The van der Waals surface area contributed by atoms with Gasteiger partial charge in [-0.1, -0.05) is 32.3 Å². The number of ketones is 1. The van der Waals surface area contributed by atoms with Crippen molar-refractivity contribution < 1.29 is 18.4 Å². The third-order valence-corrected chi connectivity index (χ3v) is 3.25. The van der Waals surface area contributed by atoms with Crippen LogP contribution in [0.4, 0.5) is 14.5 Å². The number of halogens is 2. The molecule has 0 saturated heterocycles. The Balaban J connectivity index is 0.000000676. The van der Waals surface area contributed by atoms with Gasteiger partial charge in [0.2, 0.25) is 0 Å². The number of H-pyrrole nitrogens is 1. The van der Waals surface area contributed by atoms with E-state index in [1.54, 1.807) is 0 Å². The van der Waals surface area contributed by atoms with Crippen LogP contribution in [0.3, 0.4) is 0 Å². The number of nitrogens with zero attached hydrogens (tertiary/aromatic N) is 1. The number of hydrogen-bond acceptors (Lipinski definition) is 4. The Morgan fingerprint density at radius 1 is 1.20 bits per heavy atom. The number of Topliss-reactive ketones (excluding diaryl/α,β-unsaturated/α-hetero) is 1. The second-order valence-corrected chi connectivity index (χ2v) is 5.47. The van der Waals surface area contributed by atoms with Crippen LogP contribution in [0, 0.1) is 11.6 Å². The Labute approximate surface area is 144 Å². The molecule has 1 heterocycles. The minimum Gasteiger partial charge on any atom is -0.318 e. The molecule has 25 heavy (non-hydrogen) atoms. The summed E-state index contributed by atoms with van der Waals surface area (Å²) in [6, 6.07) is 3.11. The molecular formula is C17H20F2N4O2. The summed E-state index contributed by atoms with van der Waals surface area (Å²) in [5, 5.41) is 11.2. The summed E-state index contributed by atoms with van der Waals surface area (Å²) < 4.78 is 27.1. The predicted octanol–water partition coefficient (Wildman–Crippen LogP) is 2.90. The Hall–Kier alpha value is -2.61. The zero-order valence-corrected chi connectivity index (χ0v) is 13.9. The molecule has 0 spiro atoms. The van der Waals surface area contributed by atoms with E-state index in [1.807, 2.05) is 6.92 Å². The minimum atomic E-state index is -0.991. The van der Waals surface area contributed by atoms with Crippen molar-refractivity contribution in [3.8, 4) is 0 Å². The van der Waals surface area contributed by atoms with E-state index in [4.69, 9.17) is 0 Å². The smallest absolute Gasteiger partial charge is 0.261 e. The first-order valence-corrected chi connectivity index (χ1v) is 8.07. The van der Waals surface area contributed by atoms with Crippen molar-refractivity contribution in [3.63, 3.8) is 0 Å². The molecule has 0 atom stereocenters. The SMILES string of the molecule is C1CC1.CCNCC(=O)c1[nH]ncc1NC(=O)c1c(F)cccc1F. The van der Waals surface area contributed by atoms with Gasteiger partial charge in [-0.2, -0.15) is 5.10 Å². The maximum Gasteiger partial charge on any atom is 0.261 e. The van der Waals surface area contributed by atoms with Gasteiger partial charge < -0.3 is 10.6 Å². The van der Waals surface area contributed by atoms with Gasteiger partial charge in [-0.15, -0.1) is 0 Å². The number of carbonyl (C=O) groups is 2. The van der Waals surface area contributed by atoms with E-state index >= 15 is 0 Å². The van der Waals surface area contributed by atoms with Crippen molar-refractivity contribution in [1.29, 1.82) is 0 Å². The Morgan fingerprint density at radius 3 is 2.40 bits per heavy atom. The zero-order chi connectivity index (χ0) is 18.2. The molecule has 134 valence electrons. The van der Waals surface area contributed by atoms with Crippen molar-refractivity contribution in [1.82, 2.24) is 15.5 Å². The highest BCUT2D eigenvalue weighted by Gasteiger charge is 2.20. The molecule has 1 amide bonds. The molecule has 1 aliphatic rings. The lowest BCUT2D eigenvalue weighted by molar-refractivity contribution is 0.0988. The van der Waals surface area contributed by atoms with Gasteiger partial charge in [-0.05, 0) is 18.7 Å². The highest BCUT2D eigenvalue weighted by atomic mass is 19.1. The van der Waals surface area contributed by atoms with Crippen molar-refractivity contribution in [2.75, 3.05) is 18.4 Å². The Morgan fingerprint density at radius 2 is 1.84 bits per heavy atom. The summed E-state index contributed by atoms with van der Waals surface area (Å²) in [4.78, 5) is 23.9. The van der Waals surface area contributed by atoms with E-state index in [0.717, 1.165) is 18.2 Å². The second-order valence-electron chi connectivity index (χ2n) is 5.47. The van der Waals surface area contributed by atoms with Crippen LogP contribution in [-0.2, 0) is 0 Å². The van der Waals surface area contributed by atoms with Crippen LogP contribution >= 0.6 is 0 Å². The number of nitrogens with one attached hydrogen (secondary N) is 3. The Bertz CT molecular complexity index is 721. The molecule has 6 nitrogen and oxygen atoms in total. The molecule has 2 aromatic rings. The topological polar surface area (TPSA) is 86.9 Å². The molecule has 3 N–H and O–H groups in total. The first-order valence-electron chi connectivity index (χ1n) is 8.07. The summed E-state index contributed by atoms with van der Waals surface area (Å²) in [6.07, 6.45) is 5.70. The molecule has 0 radical (unpaired) electrons. The van der Waals surface area contributed by atoms with Crippen molar-refractivity contribution >= 4 is 17.4 Å². The number of likely N-dealkylation sites (N-methyl/N-ethyl adjacent to an activating group) is 1. The van der Waals surface area contributed by atoms with E-state index in [2.05, 4.69) is 20.8 Å². The molecule has 8 heteroatoms. The average Bonchev–Trinajstić information content (AvgIpc) is 3.39. The number of anilines is 1. The van der Waals surface area contributed by atoms with E-state index in [1.165, 1.54) is 25.5 Å². The van der Waals surface area contributed by atoms with Gasteiger partial charge >= 0.3 is 0 Å². The van der Waals surface area contributed by atoms with E-state index < -0.39 is 23.1 Å². The van der Waals surface area contributed by atoms with Gasteiger partial charge in [0.1, 0.15) is 22.9 Å². The number of rotatable bonds is 6. The van der Waals surface area contributed by atoms with Gasteiger partial charge in [0, 0.05) is 0 Å². The van der Waals surface area contributed by atoms with Crippen LogP contribution in [0.15, 0.2) is 24.4 Å². The molecule has 1 aromatic carbocycles. The fourth-order valence-corrected chi connectivity index (χ4v) is 1.82. The highest BCUT2D eigenvalue weighted by molar-refractivity contribution is 6.09. The van der Waals surface area contributed by atoms with Crippen LogP contribution < -0.4 is 10.6 Å². The maximum atomic E-state index is 13.6. The van der Waals surface area contributed by atoms with E-state index in [9.17, 15) is 18.4 Å². The molecule has 1 aliphatic carbocycles. The molecule has 0 aliphatic heterocycles. The molecule has 0 bridgehead atoms. The quantitative estimate of drug-likeness (QED) is 0.699.